The largest absolute Gasteiger partial charge is 0.319 e. The second kappa shape index (κ2) is 6.03. The number of aryl methyl sites for hydroxylation is 1. The molecule has 1 N–H and O–H groups in total. The highest BCUT2D eigenvalue weighted by Gasteiger charge is 2.17. The quantitative estimate of drug-likeness (QED) is 0.797. The monoisotopic (exact) mass is 313 g/mol. The summed E-state index contributed by atoms with van der Waals surface area (Å²) >= 11 is 1.24. The second-order valence-corrected chi connectivity index (χ2v) is 5.58. The lowest BCUT2D eigenvalue weighted by Crippen LogP contribution is -2.12. The molecule has 2 aromatic heterocycles. The van der Waals surface area contributed by atoms with Crippen molar-refractivity contribution in [2.24, 2.45) is 0 Å². The number of anilines is 1. The summed E-state index contributed by atoms with van der Waals surface area (Å²) in [5, 5.41) is 3.23. The number of hydrogen-bond donors (Lipinski definition) is 1. The lowest BCUT2D eigenvalue weighted by molar-refractivity contribution is 0.102. The van der Waals surface area contributed by atoms with Crippen LogP contribution >= 0.6 is 11.3 Å². The third kappa shape index (κ3) is 2.87. The summed E-state index contributed by atoms with van der Waals surface area (Å²) in [7, 11) is 0. The molecule has 2 heterocycles. The zero-order valence-electron chi connectivity index (χ0n) is 11.7. The molecule has 22 heavy (non-hydrogen) atoms. The number of nitrogens with zero attached hydrogens (tertiary/aromatic N) is 2. The first kappa shape index (κ1) is 14.3. The summed E-state index contributed by atoms with van der Waals surface area (Å²) in [6, 6.07) is 11.6. The molecule has 0 fully saturated rings. The molecule has 0 aliphatic rings. The third-order valence-corrected chi connectivity index (χ3v) is 4.19. The summed E-state index contributed by atoms with van der Waals surface area (Å²) in [6.45, 7) is 1.75. The first-order valence-corrected chi connectivity index (χ1v) is 7.41. The topological polar surface area (TPSA) is 54.9 Å². The number of para-hydroxylation sites is 1. The van der Waals surface area contributed by atoms with Crippen LogP contribution in [-0.2, 0) is 0 Å². The molecule has 0 aliphatic heterocycles. The van der Waals surface area contributed by atoms with Gasteiger partial charge < -0.3 is 5.32 Å². The predicted molar refractivity (Wildman–Crippen MR) is 84.4 cm³/mol. The number of halogens is 1. The van der Waals surface area contributed by atoms with E-state index in [4.69, 9.17) is 0 Å². The van der Waals surface area contributed by atoms with E-state index in [0.29, 0.717) is 21.3 Å². The minimum atomic E-state index is -0.469. The van der Waals surface area contributed by atoms with Crippen LogP contribution in [0.2, 0.25) is 0 Å². The van der Waals surface area contributed by atoms with Crippen molar-refractivity contribution in [3.05, 3.63) is 65.0 Å². The maximum atomic E-state index is 13.6. The Morgan fingerprint density at radius 3 is 2.68 bits per heavy atom. The van der Waals surface area contributed by atoms with Gasteiger partial charge in [-0.15, -0.1) is 11.3 Å². The van der Waals surface area contributed by atoms with Crippen LogP contribution in [0.5, 0.6) is 0 Å². The summed E-state index contributed by atoms with van der Waals surface area (Å²) in [5.41, 5.74) is 1.46. The molecule has 0 atom stereocenters. The van der Waals surface area contributed by atoms with E-state index in [1.165, 1.54) is 23.5 Å². The number of rotatable bonds is 3. The van der Waals surface area contributed by atoms with E-state index in [1.54, 1.807) is 25.3 Å². The van der Waals surface area contributed by atoms with Crippen LogP contribution < -0.4 is 5.32 Å². The number of benzene rings is 1. The van der Waals surface area contributed by atoms with E-state index in [9.17, 15) is 9.18 Å². The fraction of sp³-hybridized carbons (Fsp3) is 0.0625. The number of aromatic nitrogens is 2. The van der Waals surface area contributed by atoms with E-state index in [-0.39, 0.29) is 11.6 Å². The predicted octanol–water partition coefficient (Wildman–Crippen LogP) is 3.90. The zero-order valence-corrected chi connectivity index (χ0v) is 12.5. The maximum absolute atomic E-state index is 13.6. The Bertz CT molecular complexity index is 817. The molecule has 110 valence electrons. The molecule has 3 rings (SSSR count). The molecular weight excluding hydrogens is 301 g/mol. The van der Waals surface area contributed by atoms with Gasteiger partial charge in [0.25, 0.3) is 5.91 Å². The molecule has 4 nitrogen and oxygen atoms in total. The summed E-state index contributed by atoms with van der Waals surface area (Å²) in [4.78, 5) is 21.3. The highest BCUT2D eigenvalue weighted by atomic mass is 32.1. The molecule has 1 amide bonds. The number of nitrogens with one attached hydrogen (secondary N) is 1. The molecule has 0 bridgehead atoms. The maximum Gasteiger partial charge on any atom is 0.267 e. The zero-order chi connectivity index (χ0) is 15.5. The average molecular weight is 313 g/mol. The van der Waals surface area contributed by atoms with Crippen molar-refractivity contribution in [1.82, 2.24) is 9.97 Å². The van der Waals surface area contributed by atoms with Gasteiger partial charge in [-0.3, -0.25) is 9.78 Å². The van der Waals surface area contributed by atoms with E-state index in [2.05, 4.69) is 15.3 Å². The van der Waals surface area contributed by atoms with Gasteiger partial charge in [0.05, 0.1) is 17.1 Å². The van der Waals surface area contributed by atoms with Crippen LogP contribution in [0.4, 0.5) is 10.1 Å². The standard InChI is InChI=1S/C16H12FN3OS/c1-10-14(15(21)20-12-7-3-2-6-11(12)17)22-16(19-10)13-8-4-5-9-18-13/h2-9H,1H3,(H,20,21). The van der Waals surface area contributed by atoms with Gasteiger partial charge in [0.2, 0.25) is 0 Å². The Labute approximate surface area is 130 Å². The number of thiazole rings is 1. The van der Waals surface area contributed by atoms with Crippen molar-refractivity contribution in [3.8, 4) is 10.7 Å². The normalized spacial score (nSPS) is 10.5. The fourth-order valence-corrected chi connectivity index (χ4v) is 2.89. The lowest BCUT2D eigenvalue weighted by Gasteiger charge is -2.04. The Kier molecular flexibility index (Phi) is 3.93. The Balaban J connectivity index is 1.88. The molecule has 6 heteroatoms. The van der Waals surface area contributed by atoms with Gasteiger partial charge in [0.15, 0.2) is 0 Å². The van der Waals surface area contributed by atoms with Gasteiger partial charge in [-0.25, -0.2) is 9.37 Å². The van der Waals surface area contributed by atoms with Gasteiger partial charge in [0.1, 0.15) is 15.7 Å². The minimum absolute atomic E-state index is 0.152. The third-order valence-electron chi connectivity index (χ3n) is 3.01. The fourth-order valence-electron chi connectivity index (χ4n) is 1.95. The Morgan fingerprint density at radius 1 is 1.18 bits per heavy atom. The first-order valence-electron chi connectivity index (χ1n) is 6.60. The summed E-state index contributed by atoms with van der Waals surface area (Å²) < 4.78 is 13.6. The molecule has 0 saturated heterocycles. The van der Waals surface area contributed by atoms with Crippen LogP contribution in [0.3, 0.4) is 0 Å². The smallest absolute Gasteiger partial charge is 0.267 e. The minimum Gasteiger partial charge on any atom is -0.319 e. The van der Waals surface area contributed by atoms with Crippen molar-refractivity contribution < 1.29 is 9.18 Å². The molecule has 0 saturated carbocycles. The Morgan fingerprint density at radius 2 is 1.95 bits per heavy atom. The van der Waals surface area contributed by atoms with E-state index in [0.717, 1.165) is 0 Å². The van der Waals surface area contributed by atoms with Crippen LogP contribution in [0.25, 0.3) is 10.7 Å². The van der Waals surface area contributed by atoms with Crippen molar-refractivity contribution in [3.63, 3.8) is 0 Å². The van der Waals surface area contributed by atoms with Crippen molar-refractivity contribution in [2.75, 3.05) is 5.32 Å². The second-order valence-electron chi connectivity index (χ2n) is 4.58. The van der Waals surface area contributed by atoms with Gasteiger partial charge in [-0.2, -0.15) is 0 Å². The summed E-state index contributed by atoms with van der Waals surface area (Å²) in [5.74, 6) is -0.842. The molecule has 0 aliphatic carbocycles. The van der Waals surface area contributed by atoms with Crippen LogP contribution in [0.15, 0.2) is 48.7 Å². The lowest BCUT2D eigenvalue weighted by atomic mass is 10.3. The van der Waals surface area contributed by atoms with Crippen molar-refractivity contribution in [1.29, 1.82) is 0 Å². The number of hydrogen-bond acceptors (Lipinski definition) is 4. The molecule has 0 radical (unpaired) electrons. The van der Waals surface area contributed by atoms with E-state index < -0.39 is 5.82 Å². The molecule has 1 aromatic carbocycles. The molecule has 0 unspecified atom stereocenters. The van der Waals surface area contributed by atoms with Gasteiger partial charge in [-0.1, -0.05) is 18.2 Å². The number of amides is 1. The number of pyridine rings is 1. The molecule has 3 aromatic rings. The number of carbonyl (C=O) groups excluding carboxylic acids is 1. The molecular formula is C16H12FN3OS. The van der Waals surface area contributed by atoms with Gasteiger partial charge >= 0.3 is 0 Å². The first-order chi connectivity index (χ1) is 10.6. The number of carbonyl (C=O) groups is 1. The van der Waals surface area contributed by atoms with Crippen LogP contribution in [0, 0.1) is 12.7 Å². The van der Waals surface area contributed by atoms with Gasteiger partial charge in [0, 0.05) is 6.20 Å². The van der Waals surface area contributed by atoms with Crippen LogP contribution in [-0.4, -0.2) is 15.9 Å². The van der Waals surface area contributed by atoms with Crippen LogP contribution in [0.1, 0.15) is 15.4 Å². The van der Waals surface area contributed by atoms with Crippen molar-refractivity contribution >= 4 is 22.9 Å². The molecule has 0 spiro atoms. The highest BCUT2D eigenvalue weighted by molar-refractivity contribution is 7.17. The van der Waals surface area contributed by atoms with E-state index in [1.807, 2.05) is 18.2 Å². The van der Waals surface area contributed by atoms with E-state index >= 15 is 0 Å². The summed E-state index contributed by atoms with van der Waals surface area (Å²) in [6.07, 6.45) is 1.67. The van der Waals surface area contributed by atoms with Crippen molar-refractivity contribution in [2.45, 2.75) is 6.92 Å². The average Bonchev–Trinajstić information content (AvgIpc) is 2.92. The highest BCUT2D eigenvalue weighted by Crippen LogP contribution is 2.27. The van der Waals surface area contributed by atoms with Gasteiger partial charge in [-0.05, 0) is 31.2 Å². The Hall–Kier alpha value is -2.60. The SMILES string of the molecule is Cc1nc(-c2ccccn2)sc1C(=O)Nc1ccccc1F.